The quantitative estimate of drug-likeness (QED) is 0.401. The zero-order valence-electron chi connectivity index (χ0n) is 17.5. The van der Waals surface area contributed by atoms with Crippen molar-refractivity contribution in [1.82, 2.24) is 20.2 Å². The molecule has 2 N–H and O–H groups in total. The van der Waals surface area contributed by atoms with E-state index in [1.807, 2.05) is 31.2 Å². The lowest BCUT2D eigenvalue weighted by molar-refractivity contribution is -0.113. The van der Waals surface area contributed by atoms with Crippen molar-refractivity contribution in [3.05, 3.63) is 89.7 Å². The molecule has 0 bridgehead atoms. The second-order valence-corrected chi connectivity index (χ2v) is 8.00. The first-order valence-electron chi connectivity index (χ1n) is 9.93. The van der Waals surface area contributed by atoms with Crippen LogP contribution in [-0.2, 0) is 4.79 Å². The van der Waals surface area contributed by atoms with Gasteiger partial charge in [0.25, 0.3) is 5.91 Å². The summed E-state index contributed by atoms with van der Waals surface area (Å²) in [5.41, 5.74) is 2.95. The number of amides is 2. The van der Waals surface area contributed by atoms with Crippen LogP contribution in [-0.4, -0.2) is 37.8 Å². The number of anilines is 2. The van der Waals surface area contributed by atoms with Gasteiger partial charge in [0.2, 0.25) is 11.1 Å². The number of hydrogen-bond acceptors (Lipinski definition) is 6. The molecule has 4 rings (SSSR count). The molecule has 10 heteroatoms. The van der Waals surface area contributed by atoms with Gasteiger partial charge in [0.15, 0.2) is 0 Å². The highest BCUT2D eigenvalue weighted by Gasteiger charge is 2.16. The molecular weight excluding hydrogens is 443 g/mol. The maximum atomic E-state index is 13.1. The number of nitrogens with one attached hydrogen (secondary N) is 2. The third-order valence-electron chi connectivity index (χ3n) is 4.57. The van der Waals surface area contributed by atoms with Crippen LogP contribution in [0.15, 0.2) is 78.0 Å². The lowest BCUT2D eigenvalue weighted by Gasteiger charge is -2.11. The summed E-state index contributed by atoms with van der Waals surface area (Å²) >= 11 is 1.18. The number of thioether (sulfide) groups is 1. The average Bonchev–Trinajstić information content (AvgIpc) is 3.28. The Kier molecular flexibility index (Phi) is 6.75. The van der Waals surface area contributed by atoms with Crippen molar-refractivity contribution in [2.75, 3.05) is 16.4 Å². The summed E-state index contributed by atoms with van der Waals surface area (Å²) < 4.78 is 14.7. The van der Waals surface area contributed by atoms with Crippen molar-refractivity contribution >= 4 is 35.0 Å². The first-order chi connectivity index (χ1) is 16.0. The normalized spacial score (nSPS) is 10.6. The Morgan fingerprint density at radius 2 is 1.79 bits per heavy atom. The highest BCUT2D eigenvalue weighted by molar-refractivity contribution is 7.99. The molecule has 3 aromatic carbocycles. The molecule has 1 aromatic heterocycles. The van der Waals surface area contributed by atoms with Gasteiger partial charge in [-0.1, -0.05) is 36.0 Å². The zero-order valence-corrected chi connectivity index (χ0v) is 18.3. The second kappa shape index (κ2) is 10.0. The molecule has 0 fully saturated rings. The predicted octanol–water partition coefficient (Wildman–Crippen LogP) is 4.09. The number of para-hydroxylation sites is 1. The molecule has 0 radical (unpaired) electrons. The fourth-order valence-corrected chi connectivity index (χ4v) is 3.72. The smallest absolute Gasteiger partial charge is 0.257 e. The Labute approximate surface area is 193 Å². The first-order valence-corrected chi connectivity index (χ1v) is 10.9. The van der Waals surface area contributed by atoms with E-state index in [1.165, 1.54) is 36.0 Å². The third-order valence-corrected chi connectivity index (χ3v) is 5.49. The van der Waals surface area contributed by atoms with Crippen LogP contribution < -0.4 is 10.6 Å². The van der Waals surface area contributed by atoms with E-state index in [0.29, 0.717) is 16.5 Å². The van der Waals surface area contributed by atoms with Gasteiger partial charge in [-0.25, -0.2) is 4.39 Å². The topological polar surface area (TPSA) is 102 Å². The zero-order chi connectivity index (χ0) is 23.2. The Hall–Kier alpha value is -4.05. The molecular formula is C23H19FN6O2S. The average molecular weight is 463 g/mol. The molecule has 0 aliphatic rings. The van der Waals surface area contributed by atoms with Gasteiger partial charge in [-0.05, 0) is 71.4 Å². The summed E-state index contributed by atoms with van der Waals surface area (Å²) in [7, 11) is 0. The maximum Gasteiger partial charge on any atom is 0.257 e. The molecule has 166 valence electrons. The summed E-state index contributed by atoms with van der Waals surface area (Å²) in [5, 5.41) is 17.6. The molecule has 33 heavy (non-hydrogen) atoms. The number of nitrogens with zero attached hydrogens (tertiary/aromatic N) is 4. The number of carbonyl (C=O) groups excluding carboxylic acids is 2. The van der Waals surface area contributed by atoms with Crippen LogP contribution in [0.25, 0.3) is 5.69 Å². The van der Waals surface area contributed by atoms with E-state index in [-0.39, 0.29) is 17.2 Å². The van der Waals surface area contributed by atoms with Gasteiger partial charge in [-0.2, -0.15) is 4.68 Å². The largest absolute Gasteiger partial charge is 0.325 e. The molecule has 0 aliphatic heterocycles. The number of tetrazole rings is 1. The monoisotopic (exact) mass is 462 g/mol. The van der Waals surface area contributed by atoms with Crippen LogP contribution in [0.3, 0.4) is 0 Å². The fraction of sp³-hybridized carbons (Fsp3) is 0.0870. The number of carbonyl (C=O) groups is 2. The molecule has 0 atom stereocenters. The van der Waals surface area contributed by atoms with Crippen LogP contribution in [0, 0.1) is 12.7 Å². The number of aryl methyl sites for hydroxylation is 1. The molecule has 0 spiro atoms. The number of benzene rings is 3. The maximum absolute atomic E-state index is 13.1. The van der Waals surface area contributed by atoms with Gasteiger partial charge in [0.05, 0.1) is 22.7 Å². The van der Waals surface area contributed by atoms with Crippen molar-refractivity contribution in [1.29, 1.82) is 0 Å². The van der Waals surface area contributed by atoms with E-state index >= 15 is 0 Å². The van der Waals surface area contributed by atoms with E-state index in [9.17, 15) is 14.0 Å². The minimum atomic E-state index is -0.423. The summed E-state index contributed by atoms with van der Waals surface area (Å²) in [6.45, 7) is 1.97. The Morgan fingerprint density at radius 3 is 2.58 bits per heavy atom. The van der Waals surface area contributed by atoms with Crippen LogP contribution >= 0.6 is 11.8 Å². The number of halogens is 1. The third kappa shape index (κ3) is 5.60. The van der Waals surface area contributed by atoms with E-state index < -0.39 is 11.7 Å². The minimum Gasteiger partial charge on any atom is -0.325 e. The van der Waals surface area contributed by atoms with Crippen molar-refractivity contribution in [2.24, 2.45) is 0 Å². The van der Waals surface area contributed by atoms with Crippen LogP contribution in [0.2, 0.25) is 0 Å². The van der Waals surface area contributed by atoms with Crippen LogP contribution in [0.1, 0.15) is 15.9 Å². The summed E-state index contributed by atoms with van der Waals surface area (Å²) in [4.78, 5) is 25.3. The highest BCUT2D eigenvalue weighted by atomic mass is 32.2. The summed E-state index contributed by atoms with van der Waals surface area (Å²) in [6, 6.07) is 19.8. The van der Waals surface area contributed by atoms with Crippen molar-refractivity contribution in [3.63, 3.8) is 0 Å². The van der Waals surface area contributed by atoms with E-state index in [2.05, 4.69) is 26.2 Å². The molecule has 4 aromatic rings. The van der Waals surface area contributed by atoms with Gasteiger partial charge >= 0.3 is 0 Å². The Bertz CT molecular complexity index is 1290. The van der Waals surface area contributed by atoms with E-state index in [1.54, 1.807) is 28.9 Å². The molecule has 0 saturated heterocycles. The molecule has 8 nitrogen and oxygen atoms in total. The number of rotatable bonds is 7. The van der Waals surface area contributed by atoms with Gasteiger partial charge in [-0.15, -0.1) is 5.10 Å². The van der Waals surface area contributed by atoms with Crippen molar-refractivity contribution < 1.29 is 14.0 Å². The Morgan fingerprint density at radius 1 is 1.00 bits per heavy atom. The molecule has 1 heterocycles. The minimum absolute atomic E-state index is 0.0418. The summed E-state index contributed by atoms with van der Waals surface area (Å²) in [6.07, 6.45) is 0. The molecule has 0 unspecified atom stereocenters. The highest BCUT2D eigenvalue weighted by Crippen LogP contribution is 2.21. The molecule has 0 aliphatic carbocycles. The lowest BCUT2D eigenvalue weighted by Crippen LogP contribution is -2.19. The summed E-state index contributed by atoms with van der Waals surface area (Å²) in [5.74, 6) is -1.10. The predicted molar refractivity (Wildman–Crippen MR) is 124 cm³/mol. The van der Waals surface area contributed by atoms with Gasteiger partial charge in [-0.3, -0.25) is 9.59 Å². The molecule has 2 amide bonds. The lowest BCUT2D eigenvalue weighted by atomic mass is 10.1. The van der Waals surface area contributed by atoms with Crippen molar-refractivity contribution in [3.8, 4) is 5.69 Å². The number of hydrogen-bond donors (Lipinski definition) is 2. The fourth-order valence-electron chi connectivity index (χ4n) is 3.03. The van der Waals surface area contributed by atoms with Gasteiger partial charge in [0.1, 0.15) is 5.82 Å². The van der Waals surface area contributed by atoms with E-state index in [0.717, 1.165) is 11.3 Å². The van der Waals surface area contributed by atoms with Gasteiger partial charge in [0, 0.05) is 5.69 Å². The number of aromatic nitrogens is 4. The Balaban J connectivity index is 1.41. The van der Waals surface area contributed by atoms with Crippen LogP contribution in [0.5, 0.6) is 0 Å². The van der Waals surface area contributed by atoms with Crippen LogP contribution in [0.4, 0.5) is 15.8 Å². The van der Waals surface area contributed by atoms with E-state index in [4.69, 9.17) is 0 Å². The second-order valence-electron chi connectivity index (χ2n) is 7.06. The van der Waals surface area contributed by atoms with Gasteiger partial charge < -0.3 is 10.6 Å². The van der Waals surface area contributed by atoms with Crippen molar-refractivity contribution in [2.45, 2.75) is 12.1 Å². The molecule has 0 saturated carbocycles. The first kappa shape index (κ1) is 22.2. The SMILES string of the molecule is Cc1cccc(-n2nnnc2SCC(=O)Nc2ccccc2C(=O)Nc2ccc(F)cc2)c1. The standard InChI is InChI=1S/C23H19FN6O2S/c1-15-5-4-6-18(13-15)30-23(27-28-29-30)33-14-21(31)26-20-8-3-2-7-19(20)22(32)25-17-11-9-16(24)10-12-17/h2-13H,14H2,1H3,(H,25,32)(H,26,31).